The summed E-state index contributed by atoms with van der Waals surface area (Å²) in [6.45, 7) is 0. The molecular weight excluding hydrogens is 795 g/mol. The highest BCUT2D eigenvalue weighted by molar-refractivity contribution is 7.26. The fraction of sp³-hybridized carbons (Fsp3) is 0. The maximum atomic E-state index is 2.48. The van der Waals surface area contributed by atoms with Gasteiger partial charge in [0.05, 0.1) is 33.1 Å². The van der Waals surface area contributed by atoms with Crippen molar-refractivity contribution in [3.8, 4) is 39.3 Å². The standard InChI is InChI=1S/C60H37N3S/c1-3-16-39(17-4-1)61-54-27-12-8-21-43(54)51-35-41(31-33-56(51)61)63-53-26-11-7-20-42(53)45-32-30-38(34-57(45)63)49-37-58-52(44-22-9-13-28-55(44)62(58)40-18-5-2-6-19-40)36-50(49)48-25-15-24-47-46-23-10-14-29-59(46)64-60(47)48/h1-37H. The number of hydrogen-bond donors (Lipinski definition) is 0. The second-order valence-corrected chi connectivity index (χ2v) is 17.9. The lowest BCUT2D eigenvalue weighted by Crippen LogP contribution is -1.96. The van der Waals surface area contributed by atoms with Gasteiger partial charge in [-0.1, -0.05) is 140 Å². The van der Waals surface area contributed by atoms with Gasteiger partial charge in [-0.2, -0.15) is 0 Å². The Kier molecular flexibility index (Phi) is 7.56. The minimum absolute atomic E-state index is 1.14. The van der Waals surface area contributed by atoms with Crippen molar-refractivity contribution >= 4 is 96.9 Å². The average molecular weight is 832 g/mol. The summed E-state index contributed by atoms with van der Waals surface area (Å²) < 4.78 is 9.93. The van der Waals surface area contributed by atoms with E-state index in [1.165, 1.54) is 108 Å². The number of aromatic nitrogens is 3. The van der Waals surface area contributed by atoms with Gasteiger partial charge in [0.25, 0.3) is 0 Å². The summed E-state index contributed by atoms with van der Waals surface area (Å²) >= 11 is 1.89. The fourth-order valence-electron chi connectivity index (χ4n) is 10.7. The van der Waals surface area contributed by atoms with Crippen LogP contribution in [0, 0.1) is 0 Å². The van der Waals surface area contributed by atoms with E-state index in [-0.39, 0.29) is 0 Å². The van der Waals surface area contributed by atoms with E-state index < -0.39 is 0 Å². The summed E-state index contributed by atoms with van der Waals surface area (Å²) in [6, 6.07) is 82.8. The van der Waals surface area contributed by atoms with E-state index in [9.17, 15) is 0 Å². The maximum absolute atomic E-state index is 2.48. The first-order chi connectivity index (χ1) is 31.8. The van der Waals surface area contributed by atoms with Crippen LogP contribution in [0.4, 0.5) is 0 Å². The number of fused-ring (bicyclic) bond motifs is 12. The molecule has 14 aromatic rings. The van der Waals surface area contributed by atoms with Gasteiger partial charge in [-0.25, -0.2) is 0 Å². The third kappa shape index (κ3) is 5.09. The molecule has 0 aliphatic heterocycles. The van der Waals surface area contributed by atoms with Crippen LogP contribution in [0.15, 0.2) is 224 Å². The molecule has 0 N–H and O–H groups in total. The SMILES string of the molecule is c1ccc(-n2c3ccccc3c3cc(-n4c5ccccc5c5ccc(-c6cc7c(cc6-c6cccc8c6sc6ccccc68)c6ccccc6n7-c6ccccc6)cc54)ccc32)cc1. The Bertz CT molecular complexity index is 4180. The topological polar surface area (TPSA) is 14.8 Å². The molecule has 0 spiro atoms. The largest absolute Gasteiger partial charge is 0.309 e. The highest BCUT2D eigenvalue weighted by atomic mass is 32.1. The van der Waals surface area contributed by atoms with Crippen LogP contribution in [0.3, 0.4) is 0 Å². The number of nitrogens with zero attached hydrogens (tertiary/aromatic N) is 3. The molecule has 0 unspecified atom stereocenters. The van der Waals surface area contributed by atoms with Crippen LogP contribution in [-0.2, 0) is 0 Å². The Morgan fingerprint density at radius 3 is 1.44 bits per heavy atom. The number of benzene rings is 10. The van der Waals surface area contributed by atoms with Gasteiger partial charge < -0.3 is 13.7 Å². The van der Waals surface area contributed by atoms with Crippen molar-refractivity contribution in [3.63, 3.8) is 0 Å². The number of rotatable bonds is 5. The van der Waals surface area contributed by atoms with Gasteiger partial charge in [-0.05, 0) is 102 Å². The fourth-order valence-corrected chi connectivity index (χ4v) is 11.9. The molecule has 4 heteroatoms. The van der Waals surface area contributed by atoms with Gasteiger partial charge in [-0.3, -0.25) is 0 Å². The van der Waals surface area contributed by atoms with Crippen LogP contribution in [-0.4, -0.2) is 13.7 Å². The van der Waals surface area contributed by atoms with Crippen LogP contribution in [0.25, 0.3) is 125 Å². The Morgan fingerprint density at radius 2 is 0.750 bits per heavy atom. The summed E-state index contributed by atoms with van der Waals surface area (Å²) in [4.78, 5) is 0. The molecular formula is C60H37N3S. The van der Waals surface area contributed by atoms with Gasteiger partial charge >= 0.3 is 0 Å². The van der Waals surface area contributed by atoms with Crippen LogP contribution in [0.5, 0.6) is 0 Å². The van der Waals surface area contributed by atoms with Gasteiger partial charge in [0.1, 0.15) is 0 Å². The molecule has 298 valence electrons. The van der Waals surface area contributed by atoms with Crippen LogP contribution in [0.1, 0.15) is 0 Å². The smallest absolute Gasteiger partial charge is 0.0547 e. The predicted molar refractivity (Wildman–Crippen MR) is 273 cm³/mol. The molecule has 4 aromatic heterocycles. The molecule has 3 nitrogen and oxygen atoms in total. The van der Waals surface area contributed by atoms with Crippen molar-refractivity contribution in [1.82, 2.24) is 13.7 Å². The predicted octanol–water partition coefficient (Wildman–Crippen LogP) is 16.7. The molecule has 0 aliphatic rings. The van der Waals surface area contributed by atoms with Crippen LogP contribution in [0.2, 0.25) is 0 Å². The van der Waals surface area contributed by atoms with Gasteiger partial charge in [-0.15, -0.1) is 11.3 Å². The van der Waals surface area contributed by atoms with Gasteiger partial charge in [0, 0.05) is 75.1 Å². The normalized spacial score (nSPS) is 12.1. The lowest BCUT2D eigenvalue weighted by atomic mass is 9.91. The third-order valence-corrected chi connectivity index (χ3v) is 14.7. The molecule has 0 fully saturated rings. The average Bonchev–Trinajstić information content (AvgIpc) is 4.10. The molecule has 0 saturated heterocycles. The van der Waals surface area contributed by atoms with E-state index in [1.54, 1.807) is 0 Å². The Hall–Kier alpha value is -8.18. The number of para-hydroxylation sites is 5. The summed E-state index contributed by atoms with van der Waals surface area (Å²) in [7, 11) is 0. The van der Waals surface area contributed by atoms with Crippen molar-refractivity contribution in [2.75, 3.05) is 0 Å². The molecule has 0 bridgehead atoms. The van der Waals surface area contributed by atoms with Crippen LogP contribution < -0.4 is 0 Å². The summed E-state index contributed by atoms with van der Waals surface area (Å²) in [5.74, 6) is 0. The molecule has 0 aliphatic carbocycles. The zero-order valence-electron chi connectivity index (χ0n) is 34.6. The monoisotopic (exact) mass is 831 g/mol. The van der Waals surface area contributed by atoms with Crippen molar-refractivity contribution in [1.29, 1.82) is 0 Å². The zero-order chi connectivity index (χ0) is 41.9. The van der Waals surface area contributed by atoms with E-state index in [2.05, 4.69) is 238 Å². The van der Waals surface area contributed by atoms with E-state index in [4.69, 9.17) is 0 Å². The van der Waals surface area contributed by atoms with Crippen molar-refractivity contribution in [2.45, 2.75) is 0 Å². The van der Waals surface area contributed by atoms with E-state index in [0.717, 1.165) is 17.1 Å². The van der Waals surface area contributed by atoms with Crippen molar-refractivity contribution < 1.29 is 0 Å². The lowest BCUT2D eigenvalue weighted by Gasteiger charge is -2.15. The molecule has 0 atom stereocenters. The highest BCUT2D eigenvalue weighted by Gasteiger charge is 2.22. The molecule has 0 amide bonds. The first-order valence-electron chi connectivity index (χ1n) is 21.9. The number of hydrogen-bond acceptors (Lipinski definition) is 1. The minimum Gasteiger partial charge on any atom is -0.309 e. The first-order valence-corrected chi connectivity index (χ1v) is 22.7. The Morgan fingerprint density at radius 1 is 0.250 bits per heavy atom. The second kappa shape index (κ2) is 13.7. The number of thiophene rings is 1. The summed E-state index contributed by atoms with van der Waals surface area (Å²) in [6.07, 6.45) is 0. The molecule has 4 heterocycles. The zero-order valence-corrected chi connectivity index (χ0v) is 35.4. The molecule has 0 saturated carbocycles. The van der Waals surface area contributed by atoms with E-state index in [0.29, 0.717) is 0 Å². The third-order valence-electron chi connectivity index (χ3n) is 13.4. The summed E-state index contributed by atoms with van der Waals surface area (Å²) in [5, 5.41) is 10.1. The highest BCUT2D eigenvalue weighted by Crippen LogP contribution is 2.47. The van der Waals surface area contributed by atoms with Crippen molar-refractivity contribution in [2.24, 2.45) is 0 Å². The van der Waals surface area contributed by atoms with E-state index in [1.807, 2.05) is 11.3 Å². The minimum atomic E-state index is 1.14. The molecule has 10 aromatic carbocycles. The molecule has 0 radical (unpaired) electrons. The Balaban J connectivity index is 1.07. The van der Waals surface area contributed by atoms with Crippen LogP contribution >= 0.6 is 11.3 Å². The Labute approximate surface area is 372 Å². The van der Waals surface area contributed by atoms with E-state index >= 15 is 0 Å². The first kappa shape index (κ1) is 35.4. The quantitative estimate of drug-likeness (QED) is 0.164. The molecule has 64 heavy (non-hydrogen) atoms. The van der Waals surface area contributed by atoms with Gasteiger partial charge in [0.2, 0.25) is 0 Å². The second-order valence-electron chi connectivity index (χ2n) is 16.9. The maximum Gasteiger partial charge on any atom is 0.0547 e. The lowest BCUT2D eigenvalue weighted by molar-refractivity contribution is 1.16. The van der Waals surface area contributed by atoms with Gasteiger partial charge in [0.15, 0.2) is 0 Å². The molecule has 14 rings (SSSR count). The van der Waals surface area contributed by atoms with Crippen molar-refractivity contribution in [3.05, 3.63) is 224 Å². The summed E-state index contributed by atoms with van der Waals surface area (Å²) in [5.41, 5.74) is 15.5.